The highest BCUT2D eigenvalue weighted by Crippen LogP contribution is 2.31. The predicted octanol–water partition coefficient (Wildman–Crippen LogP) is 3.07. The van der Waals surface area contributed by atoms with Gasteiger partial charge in [-0.2, -0.15) is 13.2 Å². The first-order valence-corrected chi connectivity index (χ1v) is 5.29. The zero-order chi connectivity index (χ0) is 13.6. The number of hydrogen-bond acceptors (Lipinski definition) is 3. The molecule has 0 aliphatic heterocycles. The predicted molar refractivity (Wildman–Crippen MR) is 59.5 cm³/mol. The van der Waals surface area contributed by atoms with Gasteiger partial charge in [-0.1, -0.05) is 6.08 Å². The van der Waals surface area contributed by atoms with Crippen LogP contribution in [0.4, 0.5) is 13.2 Å². The van der Waals surface area contributed by atoms with Crippen molar-refractivity contribution in [2.24, 2.45) is 0 Å². The van der Waals surface area contributed by atoms with Gasteiger partial charge in [-0.05, 0) is 25.1 Å². The lowest BCUT2D eigenvalue weighted by Gasteiger charge is -2.08. The lowest BCUT2D eigenvalue weighted by Crippen LogP contribution is -2.08. The maximum Gasteiger partial charge on any atom is 0.418 e. The molecule has 0 saturated carbocycles. The molecule has 0 atom stereocenters. The second kappa shape index (κ2) is 6.18. The maximum absolute atomic E-state index is 12.6. The SMILES string of the molecule is CCOC(=O)CC=Cc1ncccc1C(F)(F)F. The van der Waals surface area contributed by atoms with E-state index in [0.717, 1.165) is 6.07 Å². The molecule has 0 spiro atoms. The van der Waals surface area contributed by atoms with Gasteiger partial charge in [0.05, 0.1) is 24.3 Å². The molecular formula is C12H12F3NO2. The summed E-state index contributed by atoms with van der Waals surface area (Å²) in [5, 5.41) is 0. The Morgan fingerprint density at radius 2 is 2.22 bits per heavy atom. The smallest absolute Gasteiger partial charge is 0.418 e. The van der Waals surface area contributed by atoms with Crippen molar-refractivity contribution in [3.8, 4) is 0 Å². The topological polar surface area (TPSA) is 39.2 Å². The van der Waals surface area contributed by atoms with Gasteiger partial charge in [0, 0.05) is 6.20 Å². The third-order valence-corrected chi connectivity index (χ3v) is 2.01. The molecule has 0 amide bonds. The summed E-state index contributed by atoms with van der Waals surface area (Å²) in [7, 11) is 0. The molecular weight excluding hydrogens is 247 g/mol. The van der Waals surface area contributed by atoms with E-state index in [1.165, 1.54) is 24.4 Å². The molecule has 1 heterocycles. The Morgan fingerprint density at radius 1 is 1.50 bits per heavy atom. The number of pyridine rings is 1. The first-order chi connectivity index (χ1) is 8.45. The summed E-state index contributed by atoms with van der Waals surface area (Å²) >= 11 is 0. The van der Waals surface area contributed by atoms with Gasteiger partial charge in [-0.15, -0.1) is 0 Å². The van der Waals surface area contributed by atoms with Gasteiger partial charge in [0.15, 0.2) is 0 Å². The fraction of sp³-hybridized carbons (Fsp3) is 0.333. The molecule has 0 aliphatic rings. The average molecular weight is 259 g/mol. The van der Waals surface area contributed by atoms with Crippen LogP contribution in [0.3, 0.4) is 0 Å². The quantitative estimate of drug-likeness (QED) is 0.780. The molecule has 1 aromatic heterocycles. The molecule has 0 saturated heterocycles. The summed E-state index contributed by atoms with van der Waals surface area (Å²) in [5.41, 5.74) is -1.04. The lowest BCUT2D eigenvalue weighted by atomic mass is 10.1. The van der Waals surface area contributed by atoms with Crippen molar-refractivity contribution >= 4 is 12.0 Å². The highest BCUT2D eigenvalue weighted by Gasteiger charge is 2.33. The Bertz CT molecular complexity index is 441. The number of hydrogen-bond donors (Lipinski definition) is 0. The van der Waals surface area contributed by atoms with Crippen LogP contribution in [0.5, 0.6) is 0 Å². The van der Waals surface area contributed by atoms with Gasteiger partial charge in [-0.3, -0.25) is 9.78 Å². The molecule has 0 fully saturated rings. The molecule has 0 unspecified atom stereocenters. The van der Waals surface area contributed by atoms with Gasteiger partial charge in [0.1, 0.15) is 0 Å². The van der Waals surface area contributed by atoms with Gasteiger partial charge < -0.3 is 4.74 Å². The Balaban J connectivity index is 2.79. The van der Waals surface area contributed by atoms with Crippen LogP contribution in [0.1, 0.15) is 24.6 Å². The van der Waals surface area contributed by atoms with Crippen LogP contribution in [0.2, 0.25) is 0 Å². The van der Waals surface area contributed by atoms with Crippen LogP contribution in [0.25, 0.3) is 6.08 Å². The Kier molecular flexibility index (Phi) is 4.88. The van der Waals surface area contributed by atoms with E-state index in [1.807, 2.05) is 0 Å². The molecule has 18 heavy (non-hydrogen) atoms. The van der Waals surface area contributed by atoms with Crippen molar-refractivity contribution < 1.29 is 22.7 Å². The second-order valence-corrected chi connectivity index (χ2v) is 3.35. The summed E-state index contributed by atoms with van der Waals surface area (Å²) < 4.78 is 42.4. The number of rotatable bonds is 4. The number of ether oxygens (including phenoxy) is 1. The summed E-state index contributed by atoms with van der Waals surface area (Å²) in [6, 6.07) is 2.16. The fourth-order valence-corrected chi connectivity index (χ4v) is 1.28. The van der Waals surface area contributed by atoms with E-state index < -0.39 is 17.7 Å². The van der Waals surface area contributed by atoms with Crippen molar-refractivity contribution in [3.63, 3.8) is 0 Å². The maximum atomic E-state index is 12.6. The van der Waals surface area contributed by atoms with E-state index >= 15 is 0 Å². The molecule has 1 aromatic rings. The first-order valence-electron chi connectivity index (χ1n) is 5.29. The second-order valence-electron chi connectivity index (χ2n) is 3.35. The van der Waals surface area contributed by atoms with Crippen LogP contribution in [0, 0.1) is 0 Å². The minimum atomic E-state index is -4.46. The molecule has 98 valence electrons. The van der Waals surface area contributed by atoms with E-state index in [9.17, 15) is 18.0 Å². The zero-order valence-electron chi connectivity index (χ0n) is 9.70. The molecule has 1 rings (SSSR count). The highest BCUT2D eigenvalue weighted by molar-refractivity contribution is 5.72. The number of carbonyl (C=O) groups excluding carboxylic acids is 1. The largest absolute Gasteiger partial charge is 0.466 e. The third kappa shape index (κ3) is 4.20. The van der Waals surface area contributed by atoms with Crippen LogP contribution in [-0.2, 0) is 15.7 Å². The minimum absolute atomic E-state index is 0.0816. The summed E-state index contributed by atoms with van der Waals surface area (Å²) in [6.45, 7) is 1.90. The van der Waals surface area contributed by atoms with Gasteiger partial charge in [0.25, 0.3) is 0 Å². The van der Waals surface area contributed by atoms with Crippen molar-refractivity contribution in [3.05, 3.63) is 35.7 Å². The number of carbonyl (C=O) groups is 1. The summed E-state index contributed by atoms with van der Waals surface area (Å²) in [4.78, 5) is 14.6. The summed E-state index contributed by atoms with van der Waals surface area (Å²) in [5.74, 6) is -0.488. The van der Waals surface area contributed by atoms with Crippen LogP contribution in [0.15, 0.2) is 24.4 Å². The van der Waals surface area contributed by atoms with Crippen molar-refractivity contribution in [1.29, 1.82) is 0 Å². The Morgan fingerprint density at radius 3 is 2.83 bits per heavy atom. The van der Waals surface area contributed by atoms with E-state index in [4.69, 9.17) is 0 Å². The lowest BCUT2D eigenvalue weighted by molar-refractivity contribution is -0.142. The van der Waals surface area contributed by atoms with Gasteiger partial charge in [0.2, 0.25) is 0 Å². The number of nitrogens with zero attached hydrogens (tertiary/aromatic N) is 1. The van der Waals surface area contributed by atoms with E-state index in [1.54, 1.807) is 6.92 Å². The Labute approximate surface area is 102 Å². The molecule has 0 N–H and O–H groups in total. The molecule has 0 bridgehead atoms. The van der Waals surface area contributed by atoms with Gasteiger partial charge >= 0.3 is 12.1 Å². The monoisotopic (exact) mass is 259 g/mol. The fourth-order valence-electron chi connectivity index (χ4n) is 1.28. The summed E-state index contributed by atoms with van der Waals surface area (Å²) in [6.07, 6.45) is -0.811. The average Bonchev–Trinajstić information content (AvgIpc) is 2.28. The molecule has 6 heteroatoms. The van der Waals surface area contributed by atoms with Crippen molar-refractivity contribution in [2.75, 3.05) is 6.61 Å². The number of alkyl halides is 3. The van der Waals surface area contributed by atoms with Crippen molar-refractivity contribution in [2.45, 2.75) is 19.5 Å². The normalized spacial score (nSPS) is 11.8. The number of aromatic nitrogens is 1. The number of esters is 1. The number of halogens is 3. The highest BCUT2D eigenvalue weighted by atomic mass is 19.4. The minimum Gasteiger partial charge on any atom is -0.466 e. The standard InChI is InChI=1S/C12H12F3NO2/c1-2-18-11(17)7-3-6-10-9(12(13,14)15)5-4-8-16-10/h3-6,8H,2,7H2,1H3. The van der Waals surface area contributed by atoms with E-state index in [2.05, 4.69) is 9.72 Å². The van der Waals surface area contributed by atoms with Crippen LogP contribution in [-0.4, -0.2) is 17.6 Å². The molecule has 0 radical (unpaired) electrons. The molecule has 3 nitrogen and oxygen atoms in total. The van der Waals surface area contributed by atoms with Crippen molar-refractivity contribution in [1.82, 2.24) is 4.98 Å². The van der Waals surface area contributed by atoms with E-state index in [0.29, 0.717) is 0 Å². The van der Waals surface area contributed by atoms with Crippen LogP contribution < -0.4 is 0 Å². The van der Waals surface area contributed by atoms with E-state index in [-0.39, 0.29) is 18.7 Å². The molecule has 0 aromatic carbocycles. The molecule has 0 aliphatic carbocycles. The third-order valence-electron chi connectivity index (χ3n) is 2.01. The Hall–Kier alpha value is -1.85. The van der Waals surface area contributed by atoms with Gasteiger partial charge in [-0.25, -0.2) is 0 Å². The van der Waals surface area contributed by atoms with Crippen LogP contribution >= 0.6 is 0 Å². The zero-order valence-corrected chi connectivity index (χ0v) is 9.70. The first kappa shape index (κ1) is 14.2.